The van der Waals surface area contributed by atoms with E-state index >= 15 is 0 Å². The number of hydrogen-bond acceptors (Lipinski definition) is 2. The number of ether oxygens (including phenoxy) is 1. The molecule has 0 heterocycles. The molecule has 0 saturated heterocycles. The second-order valence-electron chi connectivity index (χ2n) is 5.64. The van der Waals surface area contributed by atoms with Crippen LogP contribution in [0.25, 0.3) is 10.8 Å². The molecule has 1 saturated carbocycles. The number of carbonyl (C=O) groups is 1. The van der Waals surface area contributed by atoms with Crippen molar-refractivity contribution in [3.63, 3.8) is 0 Å². The highest BCUT2D eigenvalue weighted by atomic mass is 16.5. The van der Waals surface area contributed by atoms with Crippen molar-refractivity contribution >= 4 is 16.7 Å². The molecule has 20 heavy (non-hydrogen) atoms. The average Bonchev–Trinajstić information content (AvgIpc) is 3.30. The van der Waals surface area contributed by atoms with Crippen molar-refractivity contribution < 1.29 is 9.53 Å². The molecule has 0 unspecified atom stereocenters. The summed E-state index contributed by atoms with van der Waals surface area (Å²) in [4.78, 5) is 12.0. The molecule has 0 bridgehead atoms. The molecular formula is C18H20O2. The van der Waals surface area contributed by atoms with Crippen LogP contribution in [0.4, 0.5) is 0 Å². The molecule has 2 aromatic carbocycles. The van der Waals surface area contributed by atoms with Crippen LogP contribution in [0.15, 0.2) is 42.5 Å². The van der Waals surface area contributed by atoms with Gasteiger partial charge in [0.25, 0.3) is 0 Å². The van der Waals surface area contributed by atoms with E-state index in [0.717, 1.165) is 23.1 Å². The molecule has 2 aromatic rings. The summed E-state index contributed by atoms with van der Waals surface area (Å²) in [5, 5.41) is 2.23. The summed E-state index contributed by atoms with van der Waals surface area (Å²) in [6.07, 6.45) is 6.26. The van der Waals surface area contributed by atoms with Gasteiger partial charge in [0.15, 0.2) is 0 Å². The first-order chi connectivity index (χ1) is 9.83. The van der Waals surface area contributed by atoms with Gasteiger partial charge >= 0.3 is 5.97 Å². The summed E-state index contributed by atoms with van der Waals surface area (Å²) < 4.78 is 5.34. The second-order valence-corrected chi connectivity index (χ2v) is 5.64. The van der Waals surface area contributed by atoms with Crippen molar-refractivity contribution in [1.29, 1.82) is 0 Å². The fourth-order valence-electron chi connectivity index (χ4n) is 2.51. The first kappa shape index (κ1) is 13.2. The van der Waals surface area contributed by atoms with Gasteiger partial charge in [-0.05, 0) is 41.7 Å². The number of benzene rings is 2. The Labute approximate surface area is 119 Å². The van der Waals surface area contributed by atoms with Gasteiger partial charge in [-0.15, -0.1) is 0 Å². The smallest absolute Gasteiger partial charge is 0.338 e. The SMILES string of the molecule is O=C(OCCCCC1CC1)c1ccc2ccccc2c1. The molecule has 0 atom stereocenters. The largest absolute Gasteiger partial charge is 0.462 e. The first-order valence-electron chi connectivity index (χ1n) is 7.49. The van der Waals surface area contributed by atoms with Crippen molar-refractivity contribution in [2.45, 2.75) is 32.1 Å². The van der Waals surface area contributed by atoms with Gasteiger partial charge < -0.3 is 4.74 Å². The van der Waals surface area contributed by atoms with E-state index in [1.165, 1.54) is 25.7 Å². The maximum Gasteiger partial charge on any atom is 0.338 e. The maximum atomic E-state index is 12.0. The summed E-state index contributed by atoms with van der Waals surface area (Å²) >= 11 is 0. The molecular weight excluding hydrogens is 248 g/mol. The van der Waals surface area contributed by atoms with Crippen LogP contribution < -0.4 is 0 Å². The molecule has 0 N–H and O–H groups in total. The Balaban J connectivity index is 1.51. The molecule has 2 heteroatoms. The van der Waals surface area contributed by atoms with E-state index in [1.807, 2.05) is 42.5 Å². The van der Waals surface area contributed by atoms with Crippen LogP contribution in [-0.4, -0.2) is 12.6 Å². The molecule has 0 spiro atoms. The number of unbranched alkanes of at least 4 members (excludes halogenated alkanes) is 1. The highest BCUT2D eigenvalue weighted by molar-refractivity contribution is 5.95. The second kappa shape index (κ2) is 6.08. The van der Waals surface area contributed by atoms with Crippen molar-refractivity contribution in [2.75, 3.05) is 6.61 Å². The first-order valence-corrected chi connectivity index (χ1v) is 7.49. The topological polar surface area (TPSA) is 26.3 Å². The van der Waals surface area contributed by atoms with Gasteiger partial charge in [-0.2, -0.15) is 0 Å². The predicted octanol–water partition coefficient (Wildman–Crippen LogP) is 4.58. The van der Waals surface area contributed by atoms with Crippen LogP contribution in [0.1, 0.15) is 42.5 Å². The number of hydrogen-bond donors (Lipinski definition) is 0. The molecule has 104 valence electrons. The zero-order chi connectivity index (χ0) is 13.8. The summed E-state index contributed by atoms with van der Waals surface area (Å²) in [5.41, 5.74) is 0.644. The Hall–Kier alpha value is -1.83. The van der Waals surface area contributed by atoms with Crippen molar-refractivity contribution in [1.82, 2.24) is 0 Å². The summed E-state index contributed by atoms with van der Waals surface area (Å²) in [6.45, 7) is 0.540. The van der Waals surface area contributed by atoms with E-state index in [4.69, 9.17) is 4.74 Å². The van der Waals surface area contributed by atoms with Gasteiger partial charge in [0.2, 0.25) is 0 Å². The van der Waals surface area contributed by atoms with Crippen LogP contribution in [0, 0.1) is 5.92 Å². The molecule has 2 nitrogen and oxygen atoms in total. The summed E-state index contributed by atoms with van der Waals surface area (Å²) in [6, 6.07) is 13.8. The van der Waals surface area contributed by atoms with Crippen molar-refractivity contribution in [3.8, 4) is 0 Å². The lowest BCUT2D eigenvalue weighted by Gasteiger charge is -2.06. The van der Waals surface area contributed by atoms with Gasteiger partial charge in [0.05, 0.1) is 12.2 Å². The van der Waals surface area contributed by atoms with Crippen LogP contribution in [0.3, 0.4) is 0 Å². The average molecular weight is 268 g/mol. The van der Waals surface area contributed by atoms with Crippen LogP contribution in [0.2, 0.25) is 0 Å². The number of rotatable bonds is 6. The molecule has 1 aliphatic rings. The lowest BCUT2D eigenvalue weighted by Crippen LogP contribution is -2.06. The normalized spacial score (nSPS) is 14.4. The quantitative estimate of drug-likeness (QED) is 0.566. The fraction of sp³-hybridized carbons (Fsp3) is 0.389. The lowest BCUT2D eigenvalue weighted by atomic mass is 10.1. The van der Waals surface area contributed by atoms with E-state index in [2.05, 4.69) is 0 Å². The molecule has 1 aliphatic carbocycles. The molecule has 0 radical (unpaired) electrons. The van der Waals surface area contributed by atoms with Crippen LogP contribution in [-0.2, 0) is 4.74 Å². The third-order valence-corrected chi connectivity index (χ3v) is 3.92. The third-order valence-electron chi connectivity index (χ3n) is 3.92. The number of carbonyl (C=O) groups excluding carboxylic acids is 1. The Kier molecular flexibility index (Phi) is 4.00. The zero-order valence-corrected chi connectivity index (χ0v) is 11.7. The van der Waals surface area contributed by atoms with Crippen molar-refractivity contribution in [3.05, 3.63) is 48.0 Å². The molecule has 0 amide bonds. The van der Waals surface area contributed by atoms with E-state index in [1.54, 1.807) is 0 Å². The minimum atomic E-state index is -0.206. The maximum absolute atomic E-state index is 12.0. The summed E-state index contributed by atoms with van der Waals surface area (Å²) in [5.74, 6) is 0.758. The third kappa shape index (κ3) is 3.38. The van der Waals surface area contributed by atoms with Crippen LogP contribution in [0.5, 0.6) is 0 Å². The monoisotopic (exact) mass is 268 g/mol. The standard InChI is InChI=1S/C18H20O2/c19-18(20-12-4-3-5-14-8-9-14)17-11-10-15-6-1-2-7-16(15)13-17/h1-2,6-7,10-11,13-14H,3-5,8-9,12H2. The molecule has 0 aliphatic heterocycles. The minimum absolute atomic E-state index is 0.206. The Morgan fingerprint density at radius 2 is 1.85 bits per heavy atom. The van der Waals surface area contributed by atoms with E-state index < -0.39 is 0 Å². The molecule has 3 rings (SSSR count). The van der Waals surface area contributed by atoms with Gasteiger partial charge in [0, 0.05) is 0 Å². The highest BCUT2D eigenvalue weighted by Gasteiger charge is 2.20. The minimum Gasteiger partial charge on any atom is -0.462 e. The van der Waals surface area contributed by atoms with Gasteiger partial charge in [0.1, 0.15) is 0 Å². The summed E-state index contributed by atoms with van der Waals surface area (Å²) in [7, 11) is 0. The van der Waals surface area contributed by atoms with Gasteiger partial charge in [-0.25, -0.2) is 4.79 Å². The Morgan fingerprint density at radius 1 is 1.05 bits per heavy atom. The highest BCUT2D eigenvalue weighted by Crippen LogP contribution is 2.33. The predicted molar refractivity (Wildman–Crippen MR) is 80.8 cm³/mol. The molecule has 1 fully saturated rings. The van der Waals surface area contributed by atoms with Crippen molar-refractivity contribution in [2.24, 2.45) is 5.92 Å². The number of esters is 1. The number of fused-ring (bicyclic) bond motifs is 1. The van der Waals surface area contributed by atoms with Crippen LogP contribution >= 0.6 is 0 Å². The Bertz CT molecular complexity index is 599. The van der Waals surface area contributed by atoms with E-state index in [9.17, 15) is 4.79 Å². The Morgan fingerprint density at radius 3 is 2.65 bits per heavy atom. The van der Waals surface area contributed by atoms with E-state index in [0.29, 0.717) is 12.2 Å². The zero-order valence-electron chi connectivity index (χ0n) is 11.7. The van der Waals surface area contributed by atoms with E-state index in [-0.39, 0.29) is 5.97 Å². The van der Waals surface area contributed by atoms with Gasteiger partial charge in [-0.1, -0.05) is 49.6 Å². The lowest BCUT2D eigenvalue weighted by molar-refractivity contribution is 0.0497. The molecule has 0 aromatic heterocycles. The fourth-order valence-corrected chi connectivity index (χ4v) is 2.51. The van der Waals surface area contributed by atoms with Gasteiger partial charge in [-0.3, -0.25) is 0 Å².